The van der Waals surface area contributed by atoms with Crippen LogP contribution in [0.3, 0.4) is 0 Å². The number of carbonyl (C=O) groups is 2. The molecule has 0 saturated carbocycles. The topological polar surface area (TPSA) is 99.2 Å². The van der Waals surface area contributed by atoms with Gasteiger partial charge in [-0.2, -0.15) is 0 Å². The molecule has 0 aliphatic rings. The van der Waals surface area contributed by atoms with Gasteiger partial charge in [0.15, 0.2) is 5.69 Å². The fraction of sp³-hybridized carbons (Fsp3) is 0.222. The smallest absolute Gasteiger partial charge is 0.374 e. The standard InChI is InChI=1S/C18H17ClN4O4/c1-2-26-18(25)16-8-7-14(27-16)9-20-17(24)15-11-23(22-21-15)10-12-3-5-13(19)6-4-12/h3-8,11H,2,9-10H2,1H3,(H,20,24). The van der Waals surface area contributed by atoms with Crippen LogP contribution in [0.15, 0.2) is 47.0 Å². The molecule has 0 aliphatic heterocycles. The van der Waals surface area contributed by atoms with E-state index in [1.807, 2.05) is 12.1 Å². The summed E-state index contributed by atoms with van der Waals surface area (Å²) in [7, 11) is 0. The highest BCUT2D eigenvalue weighted by Gasteiger charge is 2.14. The maximum atomic E-state index is 12.2. The Morgan fingerprint density at radius 3 is 2.74 bits per heavy atom. The van der Waals surface area contributed by atoms with Crippen LogP contribution in [0.1, 0.15) is 39.3 Å². The van der Waals surface area contributed by atoms with Gasteiger partial charge in [-0.25, -0.2) is 9.48 Å². The summed E-state index contributed by atoms with van der Waals surface area (Å²) in [5.74, 6) is -0.415. The van der Waals surface area contributed by atoms with Crippen LogP contribution in [0.25, 0.3) is 0 Å². The average molecular weight is 389 g/mol. The number of hydrogen-bond donors (Lipinski definition) is 1. The largest absolute Gasteiger partial charge is 0.460 e. The number of benzene rings is 1. The van der Waals surface area contributed by atoms with Gasteiger partial charge in [-0.15, -0.1) is 5.10 Å². The molecule has 140 valence electrons. The number of ether oxygens (including phenoxy) is 1. The molecule has 3 rings (SSSR count). The van der Waals surface area contributed by atoms with Gasteiger partial charge in [-0.05, 0) is 36.8 Å². The van der Waals surface area contributed by atoms with Crippen LogP contribution >= 0.6 is 11.6 Å². The van der Waals surface area contributed by atoms with E-state index in [4.69, 9.17) is 20.8 Å². The summed E-state index contributed by atoms with van der Waals surface area (Å²) in [6, 6.07) is 10.4. The van der Waals surface area contributed by atoms with E-state index in [0.29, 0.717) is 17.3 Å². The summed E-state index contributed by atoms with van der Waals surface area (Å²) in [4.78, 5) is 23.8. The molecule has 2 heterocycles. The number of halogens is 1. The van der Waals surface area contributed by atoms with E-state index in [0.717, 1.165) is 5.56 Å². The van der Waals surface area contributed by atoms with E-state index in [9.17, 15) is 9.59 Å². The van der Waals surface area contributed by atoms with Gasteiger partial charge in [0.05, 0.1) is 25.9 Å². The van der Waals surface area contributed by atoms with E-state index in [1.165, 1.54) is 6.07 Å². The van der Waals surface area contributed by atoms with Crippen molar-refractivity contribution in [3.05, 3.63) is 70.4 Å². The van der Waals surface area contributed by atoms with Gasteiger partial charge < -0.3 is 14.5 Å². The predicted molar refractivity (Wildman–Crippen MR) is 96.4 cm³/mol. The van der Waals surface area contributed by atoms with Gasteiger partial charge in [-0.1, -0.05) is 28.9 Å². The van der Waals surface area contributed by atoms with Crippen LogP contribution in [-0.4, -0.2) is 33.5 Å². The summed E-state index contributed by atoms with van der Waals surface area (Å²) in [6.07, 6.45) is 1.55. The molecule has 0 bridgehead atoms. The number of rotatable bonds is 7. The van der Waals surface area contributed by atoms with Crippen molar-refractivity contribution in [2.24, 2.45) is 0 Å². The molecule has 27 heavy (non-hydrogen) atoms. The van der Waals surface area contributed by atoms with Crippen molar-refractivity contribution in [3.63, 3.8) is 0 Å². The van der Waals surface area contributed by atoms with Crippen LogP contribution in [0, 0.1) is 0 Å². The first-order valence-electron chi connectivity index (χ1n) is 8.23. The summed E-state index contributed by atoms with van der Waals surface area (Å²) >= 11 is 5.86. The van der Waals surface area contributed by atoms with Crippen molar-refractivity contribution in [2.75, 3.05) is 6.61 Å². The van der Waals surface area contributed by atoms with E-state index < -0.39 is 11.9 Å². The van der Waals surface area contributed by atoms with Crippen LogP contribution in [0.5, 0.6) is 0 Å². The van der Waals surface area contributed by atoms with Crippen LogP contribution in [0.2, 0.25) is 5.02 Å². The van der Waals surface area contributed by atoms with Crippen molar-refractivity contribution >= 4 is 23.5 Å². The molecule has 0 aliphatic carbocycles. The molecular formula is C18H17ClN4O4. The quantitative estimate of drug-likeness (QED) is 0.625. The van der Waals surface area contributed by atoms with E-state index in [2.05, 4.69) is 15.6 Å². The van der Waals surface area contributed by atoms with Gasteiger partial charge >= 0.3 is 5.97 Å². The number of amides is 1. The zero-order chi connectivity index (χ0) is 19.2. The van der Waals surface area contributed by atoms with Gasteiger partial charge in [0.1, 0.15) is 5.76 Å². The number of esters is 1. The lowest BCUT2D eigenvalue weighted by Gasteiger charge is -2.01. The monoisotopic (exact) mass is 388 g/mol. The maximum absolute atomic E-state index is 12.2. The Bertz CT molecular complexity index is 933. The molecule has 1 aromatic carbocycles. The number of hydrogen-bond acceptors (Lipinski definition) is 6. The molecule has 3 aromatic rings. The number of carbonyl (C=O) groups excluding carboxylic acids is 2. The molecule has 2 aromatic heterocycles. The zero-order valence-corrected chi connectivity index (χ0v) is 15.3. The summed E-state index contributed by atoms with van der Waals surface area (Å²) < 4.78 is 11.7. The first-order chi connectivity index (χ1) is 13.0. The Labute approximate surface area is 160 Å². The Morgan fingerprint density at radius 2 is 2.00 bits per heavy atom. The third kappa shape index (κ3) is 4.95. The number of furan rings is 1. The zero-order valence-electron chi connectivity index (χ0n) is 14.5. The average Bonchev–Trinajstić information content (AvgIpc) is 3.31. The molecule has 0 atom stereocenters. The highest BCUT2D eigenvalue weighted by atomic mass is 35.5. The fourth-order valence-electron chi connectivity index (χ4n) is 2.30. The van der Waals surface area contributed by atoms with Crippen molar-refractivity contribution < 1.29 is 18.7 Å². The first-order valence-corrected chi connectivity index (χ1v) is 8.61. The molecule has 0 radical (unpaired) electrons. The summed E-state index contributed by atoms with van der Waals surface area (Å²) in [5.41, 5.74) is 1.17. The summed E-state index contributed by atoms with van der Waals surface area (Å²) in [5, 5.41) is 11.1. The Kier molecular flexibility index (Phi) is 5.87. The summed E-state index contributed by atoms with van der Waals surface area (Å²) in [6.45, 7) is 2.56. The molecule has 1 amide bonds. The van der Waals surface area contributed by atoms with Gasteiger partial charge in [0.25, 0.3) is 5.91 Å². The number of nitrogens with one attached hydrogen (secondary N) is 1. The molecule has 0 saturated heterocycles. The third-order valence-corrected chi connectivity index (χ3v) is 3.84. The normalized spacial score (nSPS) is 10.6. The minimum absolute atomic E-state index is 0.0926. The lowest BCUT2D eigenvalue weighted by atomic mass is 10.2. The molecule has 0 unspecified atom stereocenters. The van der Waals surface area contributed by atoms with E-state index >= 15 is 0 Å². The molecular weight excluding hydrogens is 372 g/mol. The second-order valence-corrected chi connectivity index (χ2v) is 6.03. The number of aromatic nitrogens is 3. The van der Waals surface area contributed by atoms with Crippen molar-refractivity contribution in [3.8, 4) is 0 Å². The SMILES string of the molecule is CCOC(=O)c1ccc(CNC(=O)c2cn(Cc3ccc(Cl)cc3)nn2)o1. The molecule has 9 heteroatoms. The fourth-order valence-corrected chi connectivity index (χ4v) is 2.43. The maximum Gasteiger partial charge on any atom is 0.374 e. The Morgan fingerprint density at radius 1 is 1.22 bits per heavy atom. The van der Waals surface area contributed by atoms with E-state index in [-0.39, 0.29) is 24.6 Å². The number of nitrogens with zero attached hydrogens (tertiary/aromatic N) is 3. The minimum Gasteiger partial charge on any atom is -0.460 e. The highest BCUT2D eigenvalue weighted by Crippen LogP contribution is 2.11. The molecule has 0 fully saturated rings. The van der Waals surface area contributed by atoms with Gasteiger partial charge in [-0.3, -0.25) is 4.79 Å². The molecule has 1 N–H and O–H groups in total. The van der Waals surface area contributed by atoms with Crippen molar-refractivity contribution in [1.82, 2.24) is 20.3 Å². The Hall–Kier alpha value is -3.13. The second kappa shape index (κ2) is 8.50. The molecule has 0 spiro atoms. The predicted octanol–water partition coefficient (Wildman–Crippen LogP) is 2.68. The second-order valence-electron chi connectivity index (χ2n) is 5.60. The van der Waals surface area contributed by atoms with Crippen LogP contribution in [-0.2, 0) is 17.8 Å². The highest BCUT2D eigenvalue weighted by molar-refractivity contribution is 6.30. The van der Waals surface area contributed by atoms with Gasteiger partial charge in [0.2, 0.25) is 5.76 Å². The van der Waals surface area contributed by atoms with Crippen molar-refractivity contribution in [2.45, 2.75) is 20.0 Å². The Balaban J connectivity index is 1.55. The van der Waals surface area contributed by atoms with E-state index in [1.54, 1.807) is 36.0 Å². The van der Waals surface area contributed by atoms with Crippen LogP contribution in [0.4, 0.5) is 0 Å². The third-order valence-electron chi connectivity index (χ3n) is 3.59. The molecule has 8 nitrogen and oxygen atoms in total. The van der Waals surface area contributed by atoms with Gasteiger partial charge in [0, 0.05) is 5.02 Å². The minimum atomic E-state index is -0.541. The lowest BCUT2D eigenvalue weighted by molar-refractivity contribution is 0.0488. The van der Waals surface area contributed by atoms with Crippen LogP contribution < -0.4 is 5.32 Å². The lowest BCUT2D eigenvalue weighted by Crippen LogP contribution is -2.23. The first kappa shape index (κ1) is 18.7. The van der Waals surface area contributed by atoms with Crippen molar-refractivity contribution in [1.29, 1.82) is 0 Å².